The highest BCUT2D eigenvalue weighted by atomic mass is 35.5. The average Bonchev–Trinajstić information content (AvgIpc) is 2.99. The lowest BCUT2D eigenvalue weighted by Crippen LogP contribution is -2.54. The molecule has 3 heterocycles. The molecule has 2 saturated heterocycles. The van der Waals surface area contributed by atoms with E-state index in [9.17, 15) is 29.1 Å². The molecule has 0 bridgehead atoms. The number of likely N-dealkylation sites (tertiary alicyclic amines) is 1. The van der Waals surface area contributed by atoms with E-state index < -0.39 is 41.7 Å². The summed E-state index contributed by atoms with van der Waals surface area (Å²) in [5.41, 5.74) is 1.49. The Kier molecular flexibility index (Phi) is 7.00. The molecule has 0 spiro atoms. The average molecular weight is 464 g/mol. The van der Waals surface area contributed by atoms with Crippen LogP contribution in [0.2, 0.25) is 0 Å². The first-order valence-corrected chi connectivity index (χ1v) is 10.6. The molecule has 0 aliphatic carbocycles. The number of carboxylic acids is 1. The third-order valence-electron chi connectivity index (χ3n) is 6.58. The Morgan fingerprint density at radius 3 is 2.34 bits per heavy atom. The Hall–Kier alpha value is -2.78. The number of piperidine rings is 2. The Balaban J connectivity index is 0.00000289. The van der Waals surface area contributed by atoms with Gasteiger partial charge in [0.15, 0.2) is 0 Å². The van der Waals surface area contributed by atoms with Gasteiger partial charge in [0.05, 0.1) is 11.1 Å². The number of imide groups is 2. The fourth-order valence-corrected chi connectivity index (χ4v) is 4.88. The van der Waals surface area contributed by atoms with Gasteiger partial charge in [-0.05, 0) is 62.4 Å². The molecule has 10 heteroatoms. The summed E-state index contributed by atoms with van der Waals surface area (Å²) in [6.45, 7) is 3.17. The minimum absolute atomic E-state index is 0. The second-order valence-electron chi connectivity index (χ2n) is 8.32. The maximum Gasteiger partial charge on any atom is 0.320 e. The maximum absolute atomic E-state index is 13.0. The number of rotatable bonds is 5. The zero-order chi connectivity index (χ0) is 22.3. The molecule has 0 aromatic heterocycles. The summed E-state index contributed by atoms with van der Waals surface area (Å²) in [5, 5.41) is 11.6. The number of carbonyl (C=O) groups excluding carboxylic acids is 4. The first-order valence-electron chi connectivity index (χ1n) is 10.6. The predicted octanol–water partition coefficient (Wildman–Crippen LogP) is 1.55. The summed E-state index contributed by atoms with van der Waals surface area (Å²) in [7, 11) is 0. The molecule has 4 rings (SSSR count). The van der Waals surface area contributed by atoms with Gasteiger partial charge in [0.2, 0.25) is 11.8 Å². The summed E-state index contributed by atoms with van der Waals surface area (Å²) in [6.07, 6.45) is 2.29. The fraction of sp³-hybridized carbons (Fsp3) is 0.500. The number of carboxylic acid groups (broad SMARTS) is 1. The third-order valence-corrected chi connectivity index (χ3v) is 6.58. The van der Waals surface area contributed by atoms with Gasteiger partial charge in [-0.2, -0.15) is 0 Å². The van der Waals surface area contributed by atoms with Crippen molar-refractivity contribution in [1.82, 2.24) is 15.1 Å². The van der Waals surface area contributed by atoms with Gasteiger partial charge in [-0.25, -0.2) is 0 Å². The van der Waals surface area contributed by atoms with Crippen LogP contribution in [-0.4, -0.2) is 69.7 Å². The Bertz CT molecular complexity index is 972. The van der Waals surface area contributed by atoms with Crippen molar-refractivity contribution >= 4 is 42.0 Å². The van der Waals surface area contributed by atoms with Gasteiger partial charge in [-0.3, -0.25) is 39.1 Å². The maximum atomic E-state index is 13.0. The molecule has 3 aliphatic rings. The van der Waals surface area contributed by atoms with Crippen molar-refractivity contribution in [3.8, 4) is 0 Å². The zero-order valence-electron chi connectivity index (χ0n) is 17.7. The van der Waals surface area contributed by atoms with Gasteiger partial charge in [0, 0.05) is 6.42 Å². The first kappa shape index (κ1) is 23.9. The molecule has 1 aromatic rings. The lowest BCUT2D eigenvalue weighted by Gasteiger charge is -2.35. The second-order valence-corrected chi connectivity index (χ2v) is 8.32. The van der Waals surface area contributed by atoms with Crippen LogP contribution in [0.4, 0.5) is 0 Å². The molecule has 2 fully saturated rings. The van der Waals surface area contributed by atoms with Crippen LogP contribution in [0.3, 0.4) is 0 Å². The van der Waals surface area contributed by atoms with Crippen molar-refractivity contribution in [2.45, 2.75) is 57.0 Å². The summed E-state index contributed by atoms with van der Waals surface area (Å²) < 4.78 is 0. The zero-order valence-corrected chi connectivity index (χ0v) is 18.5. The van der Waals surface area contributed by atoms with E-state index >= 15 is 0 Å². The number of carbonyl (C=O) groups is 5. The SMILES string of the molecule is CCC(C(=O)O)N1CCC(c2ccc3c(c2)C(=O)N(C2CCC(=O)NC2=O)C3=O)CC1.Cl. The van der Waals surface area contributed by atoms with Crippen LogP contribution in [0.25, 0.3) is 0 Å². The fourth-order valence-electron chi connectivity index (χ4n) is 4.88. The van der Waals surface area contributed by atoms with Gasteiger partial charge in [0.1, 0.15) is 12.1 Å². The molecular weight excluding hydrogens is 438 g/mol. The molecule has 32 heavy (non-hydrogen) atoms. The molecule has 0 saturated carbocycles. The number of amides is 4. The lowest BCUT2D eigenvalue weighted by molar-refractivity contribution is -0.144. The Morgan fingerprint density at radius 1 is 1.09 bits per heavy atom. The van der Waals surface area contributed by atoms with E-state index in [0.717, 1.165) is 23.3 Å². The number of nitrogens with one attached hydrogen (secondary N) is 1. The summed E-state index contributed by atoms with van der Waals surface area (Å²) in [6, 6.07) is 3.75. The molecule has 0 radical (unpaired) electrons. The molecule has 172 valence electrons. The van der Waals surface area contributed by atoms with Crippen molar-refractivity contribution in [3.05, 3.63) is 34.9 Å². The van der Waals surface area contributed by atoms with Crippen LogP contribution in [-0.2, 0) is 14.4 Å². The Labute approximate surface area is 191 Å². The normalized spacial score (nSPS) is 22.9. The van der Waals surface area contributed by atoms with Crippen molar-refractivity contribution in [1.29, 1.82) is 0 Å². The quantitative estimate of drug-likeness (QED) is 0.635. The van der Waals surface area contributed by atoms with Gasteiger partial charge in [-0.15, -0.1) is 12.4 Å². The van der Waals surface area contributed by atoms with E-state index in [4.69, 9.17) is 0 Å². The summed E-state index contributed by atoms with van der Waals surface area (Å²) in [5.74, 6) is -2.69. The third kappa shape index (κ3) is 4.14. The summed E-state index contributed by atoms with van der Waals surface area (Å²) in [4.78, 5) is 63.7. The number of fused-ring (bicyclic) bond motifs is 1. The highest BCUT2D eigenvalue weighted by Gasteiger charge is 2.44. The van der Waals surface area contributed by atoms with Crippen LogP contribution >= 0.6 is 12.4 Å². The molecule has 2 N–H and O–H groups in total. The number of nitrogens with zero attached hydrogens (tertiary/aromatic N) is 2. The van der Waals surface area contributed by atoms with E-state index in [1.165, 1.54) is 0 Å². The standard InChI is InChI=1S/C22H25N3O6.ClH/c1-2-16(22(30)31)24-9-7-12(8-10-24)13-3-4-14-15(11-13)21(29)25(20(14)28)17-5-6-18(26)23-19(17)27;/h3-4,11-12,16-17H,2,5-10H2,1H3,(H,30,31)(H,23,26,27);1H. The largest absolute Gasteiger partial charge is 0.480 e. The van der Waals surface area contributed by atoms with E-state index in [1.807, 2.05) is 17.9 Å². The minimum Gasteiger partial charge on any atom is -0.480 e. The predicted molar refractivity (Wildman–Crippen MR) is 116 cm³/mol. The first-order chi connectivity index (χ1) is 14.8. The topological polar surface area (TPSA) is 124 Å². The van der Waals surface area contributed by atoms with Crippen LogP contribution in [0.15, 0.2) is 18.2 Å². The lowest BCUT2D eigenvalue weighted by atomic mass is 9.87. The highest BCUT2D eigenvalue weighted by Crippen LogP contribution is 2.34. The number of hydrogen-bond acceptors (Lipinski definition) is 6. The van der Waals surface area contributed by atoms with Crippen LogP contribution in [0.5, 0.6) is 0 Å². The monoisotopic (exact) mass is 463 g/mol. The molecule has 9 nitrogen and oxygen atoms in total. The smallest absolute Gasteiger partial charge is 0.320 e. The second kappa shape index (κ2) is 9.38. The molecule has 2 atom stereocenters. The number of hydrogen-bond donors (Lipinski definition) is 2. The van der Waals surface area contributed by atoms with Crippen molar-refractivity contribution in [3.63, 3.8) is 0 Å². The van der Waals surface area contributed by atoms with Gasteiger partial charge < -0.3 is 5.11 Å². The van der Waals surface area contributed by atoms with Crippen molar-refractivity contribution in [2.24, 2.45) is 0 Å². The summed E-state index contributed by atoms with van der Waals surface area (Å²) >= 11 is 0. The molecule has 3 aliphatic heterocycles. The minimum atomic E-state index is -0.973. The molecule has 1 aromatic carbocycles. The number of halogens is 1. The van der Waals surface area contributed by atoms with Crippen LogP contribution < -0.4 is 5.32 Å². The van der Waals surface area contributed by atoms with E-state index in [0.29, 0.717) is 19.5 Å². The van der Waals surface area contributed by atoms with Gasteiger partial charge >= 0.3 is 5.97 Å². The van der Waals surface area contributed by atoms with Crippen LogP contribution in [0, 0.1) is 0 Å². The van der Waals surface area contributed by atoms with Crippen LogP contribution in [0.1, 0.15) is 71.2 Å². The number of benzene rings is 1. The van der Waals surface area contributed by atoms with Gasteiger partial charge in [0.25, 0.3) is 11.8 Å². The van der Waals surface area contributed by atoms with Crippen molar-refractivity contribution < 1.29 is 29.1 Å². The van der Waals surface area contributed by atoms with Crippen molar-refractivity contribution in [2.75, 3.05) is 13.1 Å². The van der Waals surface area contributed by atoms with E-state index in [-0.39, 0.29) is 42.3 Å². The van der Waals surface area contributed by atoms with E-state index in [2.05, 4.69) is 5.32 Å². The van der Waals surface area contributed by atoms with Gasteiger partial charge in [-0.1, -0.05) is 13.0 Å². The van der Waals surface area contributed by atoms with E-state index in [1.54, 1.807) is 12.1 Å². The molecular formula is C22H26ClN3O6. The Morgan fingerprint density at radius 2 is 1.75 bits per heavy atom. The number of aliphatic carboxylic acids is 1. The molecule has 4 amide bonds. The highest BCUT2D eigenvalue weighted by molar-refractivity contribution is 6.23. The molecule has 2 unspecified atom stereocenters.